The van der Waals surface area contributed by atoms with Gasteiger partial charge in [-0.2, -0.15) is 10.2 Å². The minimum Gasteiger partial charge on any atom is -0.366 e. The number of nitrogens with two attached hydrogens (primary N) is 1. The maximum Gasteiger partial charge on any atom is 0.253 e. The lowest BCUT2D eigenvalue weighted by molar-refractivity contribution is 0.0938. The summed E-state index contributed by atoms with van der Waals surface area (Å²) in [6.45, 7) is 0. The standard InChI is InChI=1S/C26H21N7O/c1-32-14-21(25(34)29-22-6-3-18-10-15(13-27)2-5-19(18)22)20-11-16(4-7-23(20)32)17-8-9-33-24(12-17)30-26(28)31-33/h2,4-5,7-12,14,22H,3,6H2,1H3,(H2,28,31)(H,29,34)/t22-/m0/s1. The SMILES string of the molecule is Cn1cc(C(=O)N[C@H]2CCc3cc(C#N)ccc32)c2cc(-c3ccn4nc(N)nc4c3)ccc21. The molecule has 0 bridgehead atoms. The molecule has 1 atom stereocenters. The largest absolute Gasteiger partial charge is 0.366 e. The molecule has 5 aromatic rings. The molecule has 0 radical (unpaired) electrons. The number of aryl methyl sites for hydroxylation is 2. The van der Waals surface area contributed by atoms with Crippen molar-refractivity contribution in [1.29, 1.82) is 5.26 Å². The molecule has 3 N–H and O–H groups in total. The molecule has 6 rings (SSSR count). The number of fused-ring (bicyclic) bond motifs is 3. The van der Waals surface area contributed by atoms with E-state index in [1.54, 1.807) is 4.52 Å². The van der Waals surface area contributed by atoms with Gasteiger partial charge in [-0.1, -0.05) is 12.1 Å². The first-order valence-electron chi connectivity index (χ1n) is 11.1. The van der Waals surface area contributed by atoms with Gasteiger partial charge in [-0.25, -0.2) is 4.52 Å². The van der Waals surface area contributed by atoms with Gasteiger partial charge in [0.05, 0.1) is 23.2 Å². The van der Waals surface area contributed by atoms with Crippen molar-refractivity contribution in [2.24, 2.45) is 7.05 Å². The molecule has 8 nitrogen and oxygen atoms in total. The molecule has 0 spiro atoms. The summed E-state index contributed by atoms with van der Waals surface area (Å²) >= 11 is 0. The van der Waals surface area contributed by atoms with E-state index < -0.39 is 0 Å². The Morgan fingerprint density at radius 1 is 1.18 bits per heavy atom. The van der Waals surface area contributed by atoms with Crippen molar-refractivity contribution in [3.63, 3.8) is 0 Å². The molecule has 0 saturated heterocycles. The first-order chi connectivity index (χ1) is 16.5. The quantitative estimate of drug-likeness (QED) is 0.437. The summed E-state index contributed by atoms with van der Waals surface area (Å²) in [6.07, 6.45) is 5.38. The number of nitrogens with zero attached hydrogens (tertiary/aromatic N) is 5. The molecule has 8 heteroatoms. The molecule has 0 aliphatic heterocycles. The minimum absolute atomic E-state index is 0.0607. The molecule has 1 amide bonds. The first kappa shape index (κ1) is 20.0. The highest BCUT2D eigenvalue weighted by Gasteiger charge is 2.26. The number of nitrogen functional groups attached to an aromatic ring is 1. The number of nitriles is 1. The summed E-state index contributed by atoms with van der Waals surface area (Å²) in [7, 11) is 1.94. The first-order valence-corrected chi connectivity index (χ1v) is 11.1. The van der Waals surface area contributed by atoms with E-state index >= 15 is 0 Å². The lowest BCUT2D eigenvalue weighted by Gasteiger charge is -2.14. The number of nitrogens with one attached hydrogen (secondary N) is 1. The number of amides is 1. The van der Waals surface area contributed by atoms with Crippen LogP contribution in [0.15, 0.2) is 60.9 Å². The van der Waals surface area contributed by atoms with Gasteiger partial charge >= 0.3 is 0 Å². The van der Waals surface area contributed by atoms with Crippen LogP contribution < -0.4 is 11.1 Å². The molecule has 3 heterocycles. The van der Waals surface area contributed by atoms with E-state index in [1.807, 2.05) is 72.5 Å². The van der Waals surface area contributed by atoms with Crippen LogP contribution in [-0.2, 0) is 13.5 Å². The third-order valence-electron chi connectivity index (χ3n) is 6.58. The Labute approximate surface area is 195 Å². The van der Waals surface area contributed by atoms with Gasteiger partial charge in [0.2, 0.25) is 5.95 Å². The van der Waals surface area contributed by atoms with E-state index in [1.165, 1.54) is 0 Å². The third kappa shape index (κ3) is 3.18. The Hall–Kier alpha value is -4.64. The maximum absolute atomic E-state index is 13.4. The van der Waals surface area contributed by atoms with Crippen molar-refractivity contribution in [3.05, 3.63) is 83.2 Å². The molecule has 1 aliphatic carbocycles. The monoisotopic (exact) mass is 447 g/mol. The van der Waals surface area contributed by atoms with Crippen molar-refractivity contribution in [2.75, 3.05) is 5.73 Å². The molecule has 34 heavy (non-hydrogen) atoms. The number of carbonyl (C=O) groups is 1. The highest BCUT2D eigenvalue weighted by Crippen LogP contribution is 2.33. The van der Waals surface area contributed by atoms with Crippen LogP contribution in [0.4, 0.5) is 5.95 Å². The molecule has 2 aromatic carbocycles. The predicted octanol–water partition coefficient (Wildman–Crippen LogP) is 3.76. The van der Waals surface area contributed by atoms with E-state index in [2.05, 4.69) is 21.5 Å². The van der Waals surface area contributed by atoms with Gasteiger partial charge in [0.15, 0.2) is 5.65 Å². The molecule has 0 saturated carbocycles. The zero-order chi connectivity index (χ0) is 23.4. The summed E-state index contributed by atoms with van der Waals surface area (Å²) in [5, 5.41) is 17.4. The zero-order valence-electron chi connectivity index (χ0n) is 18.5. The van der Waals surface area contributed by atoms with Crippen LogP contribution in [0.25, 0.3) is 27.7 Å². The highest BCUT2D eigenvalue weighted by molar-refractivity contribution is 6.08. The number of anilines is 1. The van der Waals surface area contributed by atoms with Crippen LogP contribution in [0.2, 0.25) is 0 Å². The normalized spacial score (nSPS) is 14.9. The summed E-state index contributed by atoms with van der Waals surface area (Å²) in [6, 6.07) is 17.8. The van der Waals surface area contributed by atoms with Crippen LogP contribution in [0, 0.1) is 11.3 Å². The van der Waals surface area contributed by atoms with Crippen LogP contribution in [0.3, 0.4) is 0 Å². The lowest BCUT2D eigenvalue weighted by atomic mass is 10.0. The highest BCUT2D eigenvalue weighted by atomic mass is 16.1. The average molecular weight is 448 g/mol. The second-order valence-electron chi connectivity index (χ2n) is 8.66. The van der Waals surface area contributed by atoms with Crippen LogP contribution >= 0.6 is 0 Å². The minimum atomic E-state index is -0.106. The van der Waals surface area contributed by atoms with Gasteiger partial charge in [0.1, 0.15) is 0 Å². The Balaban J connectivity index is 1.35. The average Bonchev–Trinajstić information content (AvgIpc) is 3.52. The van der Waals surface area contributed by atoms with E-state index in [0.717, 1.165) is 46.0 Å². The molecule has 3 aromatic heterocycles. The Kier molecular flexibility index (Phi) is 4.39. The second-order valence-corrected chi connectivity index (χ2v) is 8.66. The van der Waals surface area contributed by atoms with Crippen molar-refractivity contribution >= 4 is 28.4 Å². The van der Waals surface area contributed by atoms with Crippen molar-refractivity contribution in [3.8, 4) is 17.2 Å². The van der Waals surface area contributed by atoms with E-state index in [0.29, 0.717) is 16.8 Å². The smallest absolute Gasteiger partial charge is 0.253 e. The second kappa shape index (κ2) is 7.46. The number of rotatable bonds is 3. The predicted molar refractivity (Wildman–Crippen MR) is 129 cm³/mol. The molecule has 166 valence electrons. The van der Waals surface area contributed by atoms with E-state index in [4.69, 9.17) is 11.0 Å². The summed E-state index contributed by atoms with van der Waals surface area (Å²) in [5.74, 6) is 0.123. The van der Waals surface area contributed by atoms with Gasteiger partial charge < -0.3 is 15.6 Å². The number of hydrogen-bond acceptors (Lipinski definition) is 5. The van der Waals surface area contributed by atoms with Crippen molar-refractivity contribution < 1.29 is 4.79 Å². The summed E-state index contributed by atoms with van der Waals surface area (Å²) in [4.78, 5) is 17.6. The number of aromatic nitrogens is 4. The fourth-order valence-corrected chi connectivity index (χ4v) is 4.90. The van der Waals surface area contributed by atoms with Gasteiger partial charge in [-0.05, 0) is 71.5 Å². The fourth-order valence-electron chi connectivity index (χ4n) is 4.90. The van der Waals surface area contributed by atoms with Crippen LogP contribution in [0.1, 0.15) is 39.5 Å². The van der Waals surface area contributed by atoms with Gasteiger partial charge in [0, 0.05) is 30.3 Å². The van der Waals surface area contributed by atoms with Crippen LogP contribution in [-0.4, -0.2) is 25.1 Å². The van der Waals surface area contributed by atoms with Crippen molar-refractivity contribution in [2.45, 2.75) is 18.9 Å². The van der Waals surface area contributed by atoms with Gasteiger partial charge in [-0.3, -0.25) is 4.79 Å². The molecular weight excluding hydrogens is 426 g/mol. The maximum atomic E-state index is 13.4. The molecule has 1 aliphatic rings. The van der Waals surface area contributed by atoms with E-state index in [9.17, 15) is 4.79 Å². The fraction of sp³-hybridized carbons (Fsp3) is 0.154. The number of hydrogen-bond donors (Lipinski definition) is 2. The van der Waals surface area contributed by atoms with Crippen LogP contribution in [0.5, 0.6) is 0 Å². The topological polar surface area (TPSA) is 114 Å². The number of pyridine rings is 1. The Morgan fingerprint density at radius 3 is 2.88 bits per heavy atom. The molecule has 0 unspecified atom stereocenters. The van der Waals surface area contributed by atoms with Crippen molar-refractivity contribution in [1.82, 2.24) is 24.5 Å². The molecular formula is C26H21N7O. The zero-order valence-corrected chi connectivity index (χ0v) is 18.5. The number of carbonyl (C=O) groups excluding carboxylic acids is 1. The summed E-state index contributed by atoms with van der Waals surface area (Å²) in [5.41, 5.74) is 12.8. The number of benzene rings is 2. The van der Waals surface area contributed by atoms with E-state index in [-0.39, 0.29) is 17.9 Å². The van der Waals surface area contributed by atoms with Gasteiger partial charge in [-0.15, -0.1) is 5.10 Å². The Bertz CT molecular complexity index is 1650. The summed E-state index contributed by atoms with van der Waals surface area (Å²) < 4.78 is 3.61. The lowest BCUT2D eigenvalue weighted by Crippen LogP contribution is -2.27. The Morgan fingerprint density at radius 2 is 2.03 bits per heavy atom. The van der Waals surface area contributed by atoms with Gasteiger partial charge in [0.25, 0.3) is 5.91 Å². The third-order valence-corrected chi connectivity index (χ3v) is 6.58. The molecule has 0 fully saturated rings.